The highest BCUT2D eigenvalue weighted by Crippen LogP contribution is 2.20. The van der Waals surface area contributed by atoms with E-state index in [4.69, 9.17) is 16.3 Å². The van der Waals surface area contributed by atoms with Crippen LogP contribution in [0.2, 0.25) is 5.02 Å². The van der Waals surface area contributed by atoms with Crippen molar-refractivity contribution in [1.82, 2.24) is 0 Å². The minimum Gasteiger partial charge on any atom is -0.497 e. The Bertz CT molecular complexity index is 737. The molecular weight excluding hydrogens is 323 g/mol. The number of methoxy groups -OCH3 is 1. The second kappa shape index (κ2) is 7.60. The minimum atomic E-state index is -0.583. The fourth-order valence-electron chi connectivity index (χ4n) is 1.83. The summed E-state index contributed by atoms with van der Waals surface area (Å²) in [5, 5.41) is 4.95. The summed E-state index contributed by atoms with van der Waals surface area (Å²) in [6, 6.07) is 10.5. The van der Waals surface area contributed by atoms with Gasteiger partial charge in [-0.25, -0.2) is 4.39 Å². The summed E-state index contributed by atoms with van der Waals surface area (Å²) in [5.74, 6) is -1.01. The summed E-state index contributed by atoms with van der Waals surface area (Å²) in [4.78, 5) is 23.6. The van der Waals surface area contributed by atoms with E-state index >= 15 is 0 Å². The second-order valence-electron chi connectivity index (χ2n) is 4.63. The lowest BCUT2D eigenvalue weighted by Gasteiger charge is -2.08. The van der Waals surface area contributed by atoms with E-state index in [2.05, 4.69) is 10.6 Å². The first-order valence-corrected chi connectivity index (χ1v) is 7.04. The Hall–Kier alpha value is -2.60. The van der Waals surface area contributed by atoms with E-state index in [0.717, 1.165) is 6.07 Å². The largest absolute Gasteiger partial charge is 0.497 e. The standard InChI is InChI=1S/C16H14ClFN2O3/c1-23-12-4-2-3-10(7-12)19-15(21)9-16(22)20-11-5-6-14(18)13(17)8-11/h2-8H,9H2,1H3,(H,19,21)(H,20,22). The van der Waals surface area contributed by atoms with Crippen molar-refractivity contribution in [1.29, 1.82) is 0 Å². The van der Waals surface area contributed by atoms with E-state index in [9.17, 15) is 14.0 Å². The number of hydrogen-bond donors (Lipinski definition) is 2. The second-order valence-corrected chi connectivity index (χ2v) is 5.04. The van der Waals surface area contributed by atoms with Crippen LogP contribution in [-0.4, -0.2) is 18.9 Å². The Kier molecular flexibility index (Phi) is 5.54. The van der Waals surface area contributed by atoms with Crippen molar-refractivity contribution in [2.75, 3.05) is 17.7 Å². The SMILES string of the molecule is COc1cccc(NC(=O)CC(=O)Nc2ccc(F)c(Cl)c2)c1. The van der Waals surface area contributed by atoms with Gasteiger partial charge in [-0.3, -0.25) is 9.59 Å². The Morgan fingerprint density at radius 2 is 1.74 bits per heavy atom. The van der Waals surface area contributed by atoms with E-state index in [1.807, 2.05) is 0 Å². The summed E-state index contributed by atoms with van der Waals surface area (Å²) >= 11 is 5.62. The van der Waals surface area contributed by atoms with Gasteiger partial charge in [-0.2, -0.15) is 0 Å². The zero-order chi connectivity index (χ0) is 16.8. The Morgan fingerprint density at radius 1 is 1.09 bits per heavy atom. The average Bonchev–Trinajstić information content (AvgIpc) is 2.51. The first-order valence-electron chi connectivity index (χ1n) is 6.67. The number of halogens is 2. The van der Waals surface area contributed by atoms with Crippen LogP contribution in [0, 0.1) is 5.82 Å². The molecule has 2 aromatic rings. The maximum Gasteiger partial charge on any atom is 0.233 e. The highest BCUT2D eigenvalue weighted by molar-refractivity contribution is 6.31. The summed E-state index contributed by atoms with van der Waals surface area (Å²) in [5.41, 5.74) is 0.836. The Morgan fingerprint density at radius 3 is 2.35 bits per heavy atom. The number of hydrogen-bond acceptors (Lipinski definition) is 3. The third kappa shape index (κ3) is 4.96. The highest BCUT2D eigenvalue weighted by Gasteiger charge is 2.11. The predicted molar refractivity (Wildman–Crippen MR) is 86.3 cm³/mol. The molecule has 0 aromatic heterocycles. The molecule has 5 nitrogen and oxygen atoms in total. The van der Waals surface area contributed by atoms with E-state index in [1.165, 1.54) is 19.2 Å². The van der Waals surface area contributed by atoms with Gasteiger partial charge in [0.1, 0.15) is 18.0 Å². The zero-order valence-electron chi connectivity index (χ0n) is 12.2. The van der Waals surface area contributed by atoms with Gasteiger partial charge in [0, 0.05) is 17.4 Å². The lowest BCUT2D eigenvalue weighted by molar-refractivity contribution is -0.123. The molecule has 0 aliphatic rings. The minimum absolute atomic E-state index is 0.108. The van der Waals surface area contributed by atoms with Crippen molar-refractivity contribution in [3.8, 4) is 5.75 Å². The van der Waals surface area contributed by atoms with Gasteiger partial charge >= 0.3 is 0 Å². The lowest BCUT2D eigenvalue weighted by atomic mass is 10.2. The summed E-state index contributed by atoms with van der Waals surface area (Å²) in [7, 11) is 1.52. The molecule has 2 rings (SSSR count). The Labute approximate surface area is 137 Å². The molecule has 0 spiro atoms. The molecule has 0 unspecified atom stereocenters. The van der Waals surface area contributed by atoms with E-state index in [-0.39, 0.29) is 11.4 Å². The molecule has 2 aromatic carbocycles. The van der Waals surface area contributed by atoms with Crippen molar-refractivity contribution >= 4 is 34.8 Å². The topological polar surface area (TPSA) is 67.4 Å². The van der Waals surface area contributed by atoms with Gasteiger partial charge in [0.15, 0.2) is 0 Å². The summed E-state index contributed by atoms with van der Waals surface area (Å²) < 4.78 is 18.1. The van der Waals surface area contributed by atoms with Crippen LogP contribution < -0.4 is 15.4 Å². The van der Waals surface area contributed by atoms with Crippen LogP contribution in [0.4, 0.5) is 15.8 Å². The summed E-state index contributed by atoms with van der Waals surface area (Å²) in [6.45, 7) is 0. The van der Waals surface area contributed by atoms with E-state index in [1.54, 1.807) is 24.3 Å². The predicted octanol–water partition coefficient (Wildman–Crippen LogP) is 3.46. The first kappa shape index (κ1) is 16.8. The van der Waals surface area contributed by atoms with Gasteiger partial charge < -0.3 is 15.4 Å². The third-order valence-corrected chi connectivity index (χ3v) is 3.17. The van der Waals surface area contributed by atoms with Crippen LogP contribution in [0.25, 0.3) is 0 Å². The molecule has 7 heteroatoms. The molecule has 0 aliphatic heterocycles. The maximum atomic E-state index is 13.0. The quantitative estimate of drug-likeness (QED) is 0.822. The molecule has 23 heavy (non-hydrogen) atoms. The van der Waals surface area contributed by atoms with Crippen LogP contribution in [0.15, 0.2) is 42.5 Å². The van der Waals surface area contributed by atoms with Crippen LogP contribution in [-0.2, 0) is 9.59 Å². The zero-order valence-corrected chi connectivity index (χ0v) is 13.0. The van der Waals surface area contributed by atoms with Crippen molar-refractivity contribution in [3.05, 3.63) is 53.3 Å². The van der Waals surface area contributed by atoms with Gasteiger partial charge in [-0.1, -0.05) is 17.7 Å². The molecule has 0 saturated carbocycles. The number of carbonyl (C=O) groups is 2. The monoisotopic (exact) mass is 336 g/mol. The molecule has 0 aliphatic carbocycles. The molecule has 2 amide bonds. The van der Waals surface area contributed by atoms with Crippen molar-refractivity contribution in [3.63, 3.8) is 0 Å². The molecule has 0 heterocycles. The Balaban J connectivity index is 1.91. The molecular formula is C16H14ClFN2O3. The van der Waals surface area contributed by atoms with Crippen LogP contribution in [0.3, 0.4) is 0 Å². The van der Waals surface area contributed by atoms with Gasteiger partial charge in [0.25, 0.3) is 0 Å². The normalized spacial score (nSPS) is 10.0. The number of amides is 2. The molecule has 0 radical (unpaired) electrons. The molecule has 0 saturated heterocycles. The number of carbonyl (C=O) groups excluding carboxylic acids is 2. The van der Waals surface area contributed by atoms with Crippen molar-refractivity contribution in [2.45, 2.75) is 6.42 Å². The highest BCUT2D eigenvalue weighted by atomic mass is 35.5. The molecule has 2 N–H and O–H groups in total. The average molecular weight is 337 g/mol. The molecule has 0 atom stereocenters. The van der Waals surface area contributed by atoms with Crippen LogP contribution in [0.1, 0.15) is 6.42 Å². The van der Waals surface area contributed by atoms with Gasteiger partial charge in [-0.15, -0.1) is 0 Å². The molecule has 0 bridgehead atoms. The van der Waals surface area contributed by atoms with Crippen molar-refractivity contribution in [2.24, 2.45) is 0 Å². The molecule has 0 fully saturated rings. The first-order chi connectivity index (χ1) is 11.0. The smallest absolute Gasteiger partial charge is 0.233 e. The maximum absolute atomic E-state index is 13.0. The number of ether oxygens (including phenoxy) is 1. The fourth-order valence-corrected chi connectivity index (χ4v) is 2.01. The van der Waals surface area contributed by atoms with Crippen molar-refractivity contribution < 1.29 is 18.7 Å². The number of benzene rings is 2. The fraction of sp³-hybridized carbons (Fsp3) is 0.125. The molecule has 120 valence electrons. The third-order valence-electron chi connectivity index (χ3n) is 2.88. The van der Waals surface area contributed by atoms with Crippen LogP contribution in [0.5, 0.6) is 5.75 Å². The van der Waals surface area contributed by atoms with E-state index in [0.29, 0.717) is 17.1 Å². The van der Waals surface area contributed by atoms with Gasteiger partial charge in [0.05, 0.1) is 12.1 Å². The van der Waals surface area contributed by atoms with Crippen LogP contribution >= 0.6 is 11.6 Å². The van der Waals surface area contributed by atoms with Gasteiger partial charge in [-0.05, 0) is 30.3 Å². The number of nitrogens with one attached hydrogen (secondary N) is 2. The number of anilines is 2. The summed E-state index contributed by atoms with van der Waals surface area (Å²) in [6.07, 6.45) is -0.383. The lowest BCUT2D eigenvalue weighted by Crippen LogP contribution is -2.21. The van der Waals surface area contributed by atoms with Gasteiger partial charge in [0.2, 0.25) is 11.8 Å². The number of rotatable bonds is 5. The van der Waals surface area contributed by atoms with E-state index < -0.39 is 17.6 Å².